The first kappa shape index (κ1) is 12.2. The number of halogens is 1. The number of ketones is 1. The Morgan fingerprint density at radius 1 is 1.47 bits per heavy atom. The number of allylic oxidation sites excluding steroid dienone is 2. The quantitative estimate of drug-likeness (QED) is 0.300. The van der Waals surface area contributed by atoms with E-state index < -0.39 is 10.8 Å². The van der Waals surface area contributed by atoms with Crippen LogP contribution in [-0.2, 0) is 14.3 Å². The van der Waals surface area contributed by atoms with Gasteiger partial charge in [0.25, 0.3) is 0 Å². The predicted molar refractivity (Wildman–Crippen MR) is 57.8 cm³/mol. The van der Waals surface area contributed by atoms with E-state index in [-0.39, 0.29) is 5.78 Å². The number of Topliss-reactive ketones (excluding diaryl/α,β-unsaturated/α-hetero) is 1. The number of carbonyl (C=O) groups excluding carboxylic acids is 2. The van der Waals surface area contributed by atoms with Crippen molar-refractivity contribution in [3.05, 3.63) is 12.2 Å². The van der Waals surface area contributed by atoms with Crippen LogP contribution in [0.15, 0.2) is 12.2 Å². The smallest absolute Gasteiger partial charge is 0.334 e. The fourth-order valence-electron chi connectivity index (χ4n) is 1.61. The van der Waals surface area contributed by atoms with E-state index in [4.69, 9.17) is 11.6 Å². The van der Waals surface area contributed by atoms with Crippen molar-refractivity contribution in [3.8, 4) is 0 Å². The van der Waals surface area contributed by atoms with Gasteiger partial charge in [-0.2, -0.15) is 0 Å². The lowest BCUT2D eigenvalue weighted by Gasteiger charge is -2.21. The number of esters is 1. The first-order valence-corrected chi connectivity index (χ1v) is 5.44. The topological polar surface area (TPSA) is 43.4 Å². The van der Waals surface area contributed by atoms with Crippen LogP contribution in [0.3, 0.4) is 0 Å². The number of hydrogen-bond acceptors (Lipinski definition) is 3. The standard InChI is InChI=1S/C11H15ClO3/c1-15-10(14)11(12)8-6-4-2-3-5-7-9(11)13/h2,4H,3,5-8H2,1H3/b4-2-. The molecule has 0 aromatic rings. The highest BCUT2D eigenvalue weighted by molar-refractivity contribution is 6.45. The number of alkyl halides is 1. The fourth-order valence-corrected chi connectivity index (χ4v) is 1.89. The molecule has 0 bridgehead atoms. The molecule has 1 atom stereocenters. The van der Waals surface area contributed by atoms with Gasteiger partial charge in [0, 0.05) is 6.42 Å². The highest BCUT2D eigenvalue weighted by Crippen LogP contribution is 2.28. The van der Waals surface area contributed by atoms with Crippen LogP contribution in [0.2, 0.25) is 0 Å². The Kier molecular flexibility index (Phi) is 4.33. The third kappa shape index (κ3) is 2.81. The normalized spacial score (nSPS) is 29.9. The zero-order valence-electron chi connectivity index (χ0n) is 8.79. The molecule has 0 heterocycles. The highest BCUT2D eigenvalue weighted by atomic mass is 35.5. The maximum Gasteiger partial charge on any atom is 0.334 e. The molecule has 4 heteroatoms. The first-order chi connectivity index (χ1) is 7.11. The van der Waals surface area contributed by atoms with E-state index in [2.05, 4.69) is 4.74 Å². The number of methoxy groups -OCH3 is 1. The molecule has 1 unspecified atom stereocenters. The third-order valence-corrected chi connectivity index (χ3v) is 3.10. The monoisotopic (exact) mass is 230 g/mol. The summed E-state index contributed by atoms with van der Waals surface area (Å²) in [6.07, 6.45) is 6.86. The maximum absolute atomic E-state index is 11.8. The molecule has 84 valence electrons. The zero-order valence-corrected chi connectivity index (χ0v) is 9.55. The molecule has 0 saturated heterocycles. The van der Waals surface area contributed by atoms with E-state index in [0.29, 0.717) is 19.3 Å². The molecule has 0 amide bonds. The lowest BCUT2D eigenvalue weighted by molar-refractivity contribution is -0.147. The average Bonchev–Trinajstić information content (AvgIpc) is 2.32. The molecule has 0 fully saturated rings. The second-order valence-electron chi connectivity index (χ2n) is 3.62. The summed E-state index contributed by atoms with van der Waals surface area (Å²) in [4.78, 5) is 21.8. The Bertz CT molecular complexity index is 286. The van der Waals surface area contributed by atoms with Crippen molar-refractivity contribution in [3.63, 3.8) is 0 Å². The molecule has 0 spiro atoms. The van der Waals surface area contributed by atoms with Crippen LogP contribution in [0.1, 0.15) is 32.1 Å². The summed E-state index contributed by atoms with van der Waals surface area (Å²) < 4.78 is 4.58. The summed E-state index contributed by atoms with van der Waals surface area (Å²) in [5.41, 5.74) is 0. The van der Waals surface area contributed by atoms with E-state index in [1.165, 1.54) is 7.11 Å². The number of ether oxygens (including phenoxy) is 1. The van der Waals surface area contributed by atoms with Crippen LogP contribution in [0.5, 0.6) is 0 Å². The Hall–Kier alpha value is -0.830. The Balaban J connectivity index is 2.85. The minimum absolute atomic E-state index is 0.222. The second kappa shape index (κ2) is 5.31. The number of carbonyl (C=O) groups is 2. The van der Waals surface area contributed by atoms with Gasteiger partial charge in [0.1, 0.15) is 0 Å². The van der Waals surface area contributed by atoms with Crippen molar-refractivity contribution in [1.29, 1.82) is 0 Å². The maximum atomic E-state index is 11.8. The van der Waals surface area contributed by atoms with Gasteiger partial charge in [-0.05, 0) is 25.7 Å². The van der Waals surface area contributed by atoms with Crippen LogP contribution in [-0.4, -0.2) is 23.7 Å². The fraction of sp³-hybridized carbons (Fsp3) is 0.636. The van der Waals surface area contributed by atoms with Gasteiger partial charge in [-0.25, -0.2) is 4.79 Å². The van der Waals surface area contributed by atoms with Gasteiger partial charge < -0.3 is 4.74 Å². The van der Waals surface area contributed by atoms with Crippen molar-refractivity contribution in [2.24, 2.45) is 0 Å². The molecule has 1 aliphatic rings. The molecule has 0 saturated carbocycles. The van der Waals surface area contributed by atoms with Gasteiger partial charge >= 0.3 is 5.97 Å². The summed E-state index contributed by atoms with van der Waals surface area (Å²) in [5.74, 6) is -0.857. The minimum atomic E-state index is -1.47. The van der Waals surface area contributed by atoms with Crippen molar-refractivity contribution < 1.29 is 14.3 Å². The summed E-state index contributed by atoms with van der Waals surface area (Å²) in [7, 11) is 1.25. The zero-order chi connectivity index (χ0) is 11.3. The molecule has 0 N–H and O–H groups in total. The molecule has 0 aliphatic heterocycles. The van der Waals surface area contributed by atoms with Gasteiger partial charge in [0.05, 0.1) is 7.11 Å². The van der Waals surface area contributed by atoms with E-state index in [9.17, 15) is 9.59 Å². The molecule has 0 radical (unpaired) electrons. The highest BCUT2D eigenvalue weighted by Gasteiger charge is 2.43. The Labute approximate surface area is 94.4 Å². The van der Waals surface area contributed by atoms with Crippen molar-refractivity contribution >= 4 is 23.4 Å². The van der Waals surface area contributed by atoms with Gasteiger partial charge in [-0.1, -0.05) is 23.8 Å². The average molecular weight is 231 g/mol. The van der Waals surface area contributed by atoms with Crippen LogP contribution in [0.4, 0.5) is 0 Å². The van der Waals surface area contributed by atoms with Crippen LogP contribution in [0.25, 0.3) is 0 Å². The van der Waals surface area contributed by atoms with Gasteiger partial charge in [-0.3, -0.25) is 4.79 Å². The van der Waals surface area contributed by atoms with E-state index in [0.717, 1.165) is 12.8 Å². The van der Waals surface area contributed by atoms with Crippen molar-refractivity contribution in [2.75, 3.05) is 7.11 Å². The van der Waals surface area contributed by atoms with E-state index in [1.54, 1.807) is 0 Å². The second-order valence-corrected chi connectivity index (χ2v) is 4.26. The summed E-state index contributed by atoms with van der Waals surface area (Å²) in [6.45, 7) is 0. The molecular formula is C11H15ClO3. The Morgan fingerprint density at radius 2 is 2.13 bits per heavy atom. The molecular weight excluding hydrogens is 216 g/mol. The molecule has 0 aromatic heterocycles. The Morgan fingerprint density at radius 3 is 2.80 bits per heavy atom. The SMILES string of the molecule is COC(=O)C1(Cl)CC/C=C\CCCC1=O. The van der Waals surface area contributed by atoms with Gasteiger partial charge in [-0.15, -0.1) is 0 Å². The first-order valence-electron chi connectivity index (χ1n) is 5.07. The largest absolute Gasteiger partial charge is 0.467 e. The third-order valence-electron chi connectivity index (χ3n) is 2.55. The van der Waals surface area contributed by atoms with E-state index in [1.807, 2.05) is 12.2 Å². The van der Waals surface area contributed by atoms with E-state index >= 15 is 0 Å². The summed E-state index contributed by atoms with van der Waals surface area (Å²) in [5, 5.41) is 0. The molecule has 0 aromatic carbocycles. The summed E-state index contributed by atoms with van der Waals surface area (Å²) >= 11 is 6.07. The van der Waals surface area contributed by atoms with Crippen molar-refractivity contribution in [1.82, 2.24) is 0 Å². The molecule has 15 heavy (non-hydrogen) atoms. The van der Waals surface area contributed by atoms with Crippen LogP contribution < -0.4 is 0 Å². The van der Waals surface area contributed by atoms with Gasteiger partial charge in [0.2, 0.25) is 0 Å². The molecule has 1 aliphatic carbocycles. The molecule has 3 nitrogen and oxygen atoms in total. The van der Waals surface area contributed by atoms with Crippen LogP contribution in [0, 0.1) is 0 Å². The van der Waals surface area contributed by atoms with Crippen LogP contribution >= 0.6 is 11.6 Å². The molecule has 1 rings (SSSR count). The van der Waals surface area contributed by atoms with Crippen molar-refractivity contribution in [2.45, 2.75) is 37.0 Å². The lowest BCUT2D eigenvalue weighted by Crippen LogP contribution is -2.42. The number of hydrogen-bond donors (Lipinski definition) is 0. The summed E-state index contributed by atoms with van der Waals surface area (Å²) in [6, 6.07) is 0. The minimum Gasteiger partial charge on any atom is -0.467 e. The van der Waals surface area contributed by atoms with Gasteiger partial charge in [0.15, 0.2) is 10.7 Å². The number of rotatable bonds is 1. The lowest BCUT2D eigenvalue weighted by atomic mass is 9.95. The predicted octanol–water partition coefficient (Wildman–Crippen LogP) is 2.23.